The first-order valence-electron chi connectivity index (χ1n) is 2.30. The second kappa shape index (κ2) is 9.67. The third-order valence-corrected chi connectivity index (χ3v) is 1.56. The molecule has 0 fully saturated rings. The summed E-state index contributed by atoms with van der Waals surface area (Å²) in [5.74, 6) is -2.62. The zero-order chi connectivity index (χ0) is 7.44. The third kappa shape index (κ3) is 11.6. The van der Waals surface area contributed by atoms with E-state index in [4.69, 9.17) is 0 Å². The molecule has 0 aliphatic carbocycles. The van der Waals surface area contributed by atoms with Gasteiger partial charge in [0.2, 0.25) is 0 Å². The van der Waals surface area contributed by atoms with Crippen LogP contribution in [0.4, 0.5) is 0 Å². The number of hydrogen-bond donors (Lipinski definition) is 0. The molecule has 4 nitrogen and oxygen atoms in total. The zero-order valence-corrected chi connectivity index (χ0v) is 11.6. The van der Waals surface area contributed by atoms with Gasteiger partial charge >= 0.3 is 59.1 Å². The summed E-state index contributed by atoms with van der Waals surface area (Å²) in [6.07, 6.45) is 0. The molecule has 54 valence electrons. The molecular formula is C4H6Na2O4S. The summed E-state index contributed by atoms with van der Waals surface area (Å²) < 4.78 is 19.6. The van der Waals surface area contributed by atoms with Crippen LogP contribution in [0.5, 0.6) is 0 Å². The maximum Gasteiger partial charge on any atom is 1.00 e. The maximum absolute atomic E-state index is 9.85. The largest absolute Gasteiger partial charge is 1.00 e. The molecule has 0 saturated carbocycles. The summed E-state index contributed by atoms with van der Waals surface area (Å²) >= 11 is -2.29. The molecule has 0 aliphatic heterocycles. The smallest absolute Gasteiger partial charge is 0.772 e. The number of carboxylic acids is 1. The summed E-state index contributed by atoms with van der Waals surface area (Å²) in [4.78, 5) is 9.85. The molecule has 0 rings (SSSR count). The molecule has 0 heterocycles. The van der Waals surface area contributed by atoms with Gasteiger partial charge in [0.25, 0.3) is 0 Å². The Morgan fingerprint density at radius 2 is 1.91 bits per heavy atom. The van der Waals surface area contributed by atoms with Gasteiger partial charge in [0.1, 0.15) is 0 Å². The SMILES string of the molecule is CC(CS(=O)[O-])C(=O)[O-].[Na+].[Na+]. The molecule has 2 unspecified atom stereocenters. The molecule has 2 atom stereocenters. The van der Waals surface area contributed by atoms with Crippen LogP contribution in [-0.4, -0.2) is 20.5 Å². The van der Waals surface area contributed by atoms with E-state index in [1.165, 1.54) is 6.92 Å². The van der Waals surface area contributed by atoms with Gasteiger partial charge in [-0.1, -0.05) is 18.0 Å². The minimum atomic E-state index is -2.29. The van der Waals surface area contributed by atoms with E-state index < -0.39 is 23.0 Å². The fourth-order valence-electron chi connectivity index (χ4n) is 0.272. The van der Waals surface area contributed by atoms with Crippen molar-refractivity contribution in [2.24, 2.45) is 5.92 Å². The predicted molar refractivity (Wildman–Crippen MR) is 28.0 cm³/mol. The van der Waals surface area contributed by atoms with Gasteiger partial charge in [-0.05, 0) is 0 Å². The Bertz CT molecular complexity index is 140. The summed E-state index contributed by atoms with van der Waals surface area (Å²) in [5.41, 5.74) is 0. The molecule has 7 heteroatoms. The van der Waals surface area contributed by atoms with Crippen LogP contribution in [-0.2, 0) is 15.9 Å². The quantitative estimate of drug-likeness (QED) is 0.331. The van der Waals surface area contributed by atoms with Gasteiger partial charge in [0.05, 0.1) is 0 Å². The minimum absolute atomic E-state index is 0. The molecule has 0 amide bonds. The van der Waals surface area contributed by atoms with Crippen molar-refractivity contribution in [3.05, 3.63) is 0 Å². The van der Waals surface area contributed by atoms with Crippen LogP contribution in [0.1, 0.15) is 6.92 Å². The van der Waals surface area contributed by atoms with Crippen LogP contribution in [0.25, 0.3) is 0 Å². The van der Waals surface area contributed by atoms with E-state index in [2.05, 4.69) is 0 Å². The van der Waals surface area contributed by atoms with Crippen molar-refractivity contribution in [3.63, 3.8) is 0 Å². The van der Waals surface area contributed by atoms with Crippen LogP contribution < -0.4 is 64.2 Å². The van der Waals surface area contributed by atoms with Crippen molar-refractivity contribution in [1.82, 2.24) is 0 Å². The molecule has 0 spiro atoms. The molecule has 0 radical (unpaired) electrons. The molecule has 0 bridgehead atoms. The second-order valence-corrected chi connectivity index (χ2v) is 2.63. The Labute approximate surface area is 112 Å². The maximum atomic E-state index is 9.85. The van der Waals surface area contributed by atoms with Crippen LogP contribution in [0.2, 0.25) is 0 Å². The van der Waals surface area contributed by atoms with E-state index in [1.54, 1.807) is 0 Å². The van der Waals surface area contributed by atoms with Crippen LogP contribution >= 0.6 is 0 Å². The van der Waals surface area contributed by atoms with Crippen molar-refractivity contribution >= 4 is 17.0 Å². The number of carbonyl (C=O) groups excluding carboxylic acids is 1. The molecule has 0 aromatic rings. The monoisotopic (exact) mass is 196 g/mol. The first-order chi connectivity index (χ1) is 4.04. The van der Waals surface area contributed by atoms with Gasteiger partial charge in [0.15, 0.2) is 0 Å². The Morgan fingerprint density at radius 1 is 1.55 bits per heavy atom. The number of carboxylic acid groups (broad SMARTS) is 1. The Kier molecular flexibility index (Phi) is 16.2. The summed E-state index contributed by atoms with van der Waals surface area (Å²) in [6, 6.07) is 0. The van der Waals surface area contributed by atoms with E-state index in [1.807, 2.05) is 0 Å². The van der Waals surface area contributed by atoms with Crippen LogP contribution in [0.15, 0.2) is 0 Å². The van der Waals surface area contributed by atoms with Gasteiger partial charge < -0.3 is 14.5 Å². The summed E-state index contributed by atoms with van der Waals surface area (Å²) in [6.45, 7) is 1.28. The van der Waals surface area contributed by atoms with E-state index >= 15 is 0 Å². The molecule has 0 aliphatic rings. The number of rotatable bonds is 3. The molecule has 0 saturated heterocycles. The average Bonchev–Trinajstić information content (AvgIpc) is 1.63. The van der Waals surface area contributed by atoms with Gasteiger partial charge in [-0.15, -0.1) is 0 Å². The molecular weight excluding hydrogens is 190 g/mol. The number of hydrogen-bond acceptors (Lipinski definition) is 4. The Hall–Kier alpha value is 1.58. The van der Waals surface area contributed by atoms with E-state index in [0.29, 0.717) is 0 Å². The molecule has 0 aromatic carbocycles. The van der Waals surface area contributed by atoms with Gasteiger partial charge in [-0.25, -0.2) is 0 Å². The average molecular weight is 196 g/mol. The number of aliphatic carboxylic acids is 1. The minimum Gasteiger partial charge on any atom is -0.772 e. The van der Waals surface area contributed by atoms with Crippen molar-refractivity contribution in [3.8, 4) is 0 Å². The van der Waals surface area contributed by atoms with Crippen LogP contribution in [0.3, 0.4) is 0 Å². The standard InChI is InChI=1S/C4H8O4S.2Na/c1-3(4(5)6)2-9(7)8;;/h3H,2H2,1H3,(H,5,6)(H,7,8);;/q;2*+1/p-2. The molecule has 0 N–H and O–H groups in total. The fraction of sp³-hybridized carbons (Fsp3) is 0.750. The second-order valence-electron chi connectivity index (χ2n) is 1.69. The normalized spacial score (nSPS) is 13.6. The first kappa shape index (κ1) is 18.4. The van der Waals surface area contributed by atoms with Gasteiger partial charge in [-0.2, -0.15) is 0 Å². The first-order valence-corrected chi connectivity index (χ1v) is 3.55. The Morgan fingerprint density at radius 3 is 2.00 bits per heavy atom. The fourth-order valence-corrected chi connectivity index (χ4v) is 0.816. The van der Waals surface area contributed by atoms with Crippen LogP contribution in [0, 0.1) is 5.92 Å². The van der Waals surface area contributed by atoms with E-state index in [-0.39, 0.29) is 64.9 Å². The molecule has 0 aromatic heterocycles. The van der Waals surface area contributed by atoms with E-state index in [0.717, 1.165) is 0 Å². The van der Waals surface area contributed by atoms with Gasteiger partial charge in [-0.3, -0.25) is 4.21 Å². The van der Waals surface area contributed by atoms with Crippen molar-refractivity contribution in [2.45, 2.75) is 6.92 Å². The summed E-state index contributed by atoms with van der Waals surface area (Å²) in [7, 11) is 0. The zero-order valence-electron chi connectivity index (χ0n) is 6.83. The Balaban J connectivity index is -0.000000320. The summed E-state index contributed by atoms with van der Waals surface area (Å²) in [5, 5.41) is 9.85. The van der Waals surface area contributed by atoms with E-state index in [9.17, 15) is 18.7 Å². The molecule has 11 heavy (non-hydrogen) atoms. The predicted octanol–water partition coefficient (Wildman–Crippen LogP) is -7.74. The third-order valence-electron chi connectivity index (χ3n) is 0.788. The van der Waals surface area contributed by atoms with Gasteiger partial charge in [0, 0.05) is 17.6 Å². The topological polar surface area (TPSA) is 80.3 Å². The van der Waals surface area contributed by atoms with Crippen molar-refractivity contribution in [1.29, 1.82) is 0 Å². The van der Waals surface area contributed by atoms with Crippen molar-refractivity contribution in [2.75, 3.05) is 5.75 Å². The number of carbonyl (C=O) groups is 1. The van der Waals surface area contributed by atoms with Crippen molar-refractivity contribution < 1.29 is 77.8 Å².